The Morgan fingerprint density at radius 2 is 2.30 bits per heavy atom. The molecule has 140 valence electrons. The number of carboxylic acid groups (broad SMARTS) is 1. The fourth-order valence-corrected chi connectivity index (χ4v) is 5.54. The van der Waals surface area contributed by atoms with Gasteiger partial charge < -0.3 is 14.6 Å². The summed E-state index contributed by atoms with van der Waals surface area (Å²) in [7, 11) is 0. The van der Waals surface area contributed by atoms with Crippen LogP contribution < -0.4 is 9.47 Å². The number of carboxylic acids is 1. The number of fused-ring (bicyclic) bond motifs is 2. The highest BCUT2D eigenvalue weighted by Gasteiger charge is 2.27. The van der Waals surface area contributed by atoms with E-state index in [0.717, 1.165) is 43.5 Å². The highest BCUT2D eigenvalue weighted by Crippen LogP contribution is 2.37. The topological polar surface area (TPSA) is 81.5 Å². The first-order valence-electron chi connectivity index (χ1n) is 8.63. The van der Waals surface area contributed by atoms with Crippen LogP contribution in [0.15, 0.2) is 24.5 Å². The number of benzene rings is 1. The molecule has 0 amide bonds. The molecule has 1 aliphatic heterocycles. The van der Waals surface area contributed by atoms with Gasteiger partial charge in [0, 0.05) is 21.3 Å². The van der Waals surface area contributed by atoms with Gasteiger partial charge in [-0.3, -0.25) is 0 Å². The van der Waals surface area contributed by atoms with Crippen LogP contribution in [0.25, 0.3) is 10.2 Å². The number of nitrogens with zero attached hydrogens (tertiary/aromatic N) is 2. The quantitative estimate of drug-likeness (QED) is 0.522. The first-order valence-corrected chi connectivity index (χ1v) is 10.5. The number of halogens is 1. The third kappa shape index (κ3) is 3.47. The Hall–Kier alpha value is -1.94. The highest BCUT2D eigenvalue weighted by molar-refractivity contribution is 14.1. The maximum absolute atomic E-state index is 11.9. The Kier molecular flexibility index (Phi) is 5.18. The number of aromatic nitrogens is 2. The van der Waals surface area contributed by atoms with Crippen LogP contribution in [0.5, 0.6) is 11.6 Å². The smallest absolute Gasteiger partial charge is 0.345 e. The Morgan fingerprint density at radius 1 is 1.44 bits per heavy atom. The van der Waals surface area contributed by atoms with Gasteiger partial charge in [0.25, 0.3) is 0 Å². The average Bonchev–Trinajstić information content (AvgIpc) is 3.26. The summed E-state index contributed by atoms with van der Waals surface area (Å²) >= 11 is 3.84. The van der Waals surface area contributed by atoms with Crippen molar-refractivity contribution in [3.8, 4) is 11.6 Å². The second kappa shape index (κ2) is 7.59. The van der Waals surface area contributed by atoms with E-state index in [9.17, 15) is 9.90 Å². The molecule has 4 rings (SSSR count). The van der Waals surface area contributed by atoms with E-state index in [1.807, 2.05) is 18.2 Å². The van der Waals surface area contributed by atoms with E-state index >= 15 is 0 Å². The second-order valence-corrected chi connectivity index (χ2v) is 8.37. The van der Waals surface area contributed by atoms with Gasteiger partial charge in [0.15, 0.2) is 0 Å². The number of hydrogen-bond acceptors (Lipinski definition) is 6. The van der Waals surface area contributed by atoms with Crippen molar-refractivity contribution >= 4 is 50.1 Å². The van der Waals surface area contributed by atoms with Gasteiger partial charge in [-0.15, -0.1) is 11.3 Å². The molecule has 0 unspecified atom stereocenters. The Balaban J connectivity index is 1.67. The zero-order valence-corrected chi connectivity index (χ0v) is 17.5. The predicted molar refractivity (Wildman–Crippen MR) is 111 cm³/mol. The first kappa shape index (κ1) is 18.4. The minimum Gasteiger partial charge on any atom is -0.493 e. The van der Waals surface area contributed by atoms with Gasteiger partial charge in [-0.05, 0) is 40.1 Å². The maximum atomic E-state index is 11.9. The number of ether oxygens (including phenoxy) is 2. The van der Waals surface area contributed by atoms with Crippen molar-refractivity contribution in [1.29, 1.82) is 0 Å². The molecule has 1 atom stereocenters. The van der Waals surface area contributed by atoms with Crippen LogP contribution in [0.1, 0.15) is 22.9 Å². The Morgan fingerprint density at radius 3 is 3.07 bits per heavy atom. The summed E-state index contributed by atoms with van der Waals surface area (Å²) in [5.74, 6) is 0.0816. The van der Waals surface area contributed by atoms with E-state index in [1.54, 1.807) is 11.3 Å². The molecule has 0 spiro atoms. The standard InChI is InChI=1S/C19H17IN2O4S/c1-2-13-15(20)14-17(21-9-22-18(14)27-13)26-12(19(23)24)8-11-5-3-4-10-6-7-25-16(10)11/h3-5,9,12H,2,6-8H2,1H3,(H,23,24)/t12-/m1/s1. The summed E-state index contributed by atoms with van der Waals surface area (Å²) in [6.07, 6.45) is 2.31. The number of aryl methyl sites for hydroxylation is 1. The molecule has 3 aromatic rings. The summed E-state index contributed by atoms with van der Waals surface area (Å²) in [6.45, 7) is 2.71. The van der Waals surface area contributed by atoms with Gasteiger partial charge in [-0.2, -0.15) is 0 Å². The molecule has 0 bridgehead atoms. The zero-order chi connectivity index (χ0) is 19.0. The molecule has 0 fully saturated rings. The molecule has 1 aliphatic rings. The second-order valence-electron chi connectivity index (χ2n) is 6.20. The largest absolute Gasteiger partial charge is 0.493 e. The number of hydrogen-bond donors (Lipinski definition) is 1. The normalized spacial score (nSPS) is 14.0. The molecule has 0 saturated carbocycles. The van der Waals surface area contributed by atoms with Gasteiger partial charge in [0.05, 0.1) is 12.0 Å². The molecule has 1 aromatic carbocycles. The lowest BCUT2D eigenvalue weighted by atomic mass is 10.0. The van der Waals surface area contributed by atoms with Crippen LogP contribution in [0, 0.1) is 3.57 Å². The van der Waals surface area contributed by atoms with Crippen LogP contribution in [-0.2, 0) is 24.1 Å². The van der Waals surface area contributed by atoms with Gasteiger partial charge in [-0.25, -0.2) is 14.8 Å². The lowest BCUT2D eigenvalue weighted by Crippen LogP contribution is -2.30. The fraction of sp³-hybridized carbons (Fsp3) is 0.316. The summed E-state index contributed by atoms with van der Waals surface area (Å²) in [5.41, 5.74) is 1.96. The molecule has 0 aliphatic carbocycles. The summed E-state index contributed by atoms with van der Waals surface area (Å²) in [4.78, 5) is 22.4. The van der Waals surface area contributed by atoms with E-state index in [4.69, 9.17) is 9.47 Å². The average molecular weight is 496 g/mol. The molecule has 0 saturated heterocycles. The number of aliphatic carboxylic acids is 1. The minimum atomic E-state index is -1.06. The van der Waals surface area contributed by atoms with Crippen molar-refractivity contribution in [3.63, 3.8) is 0 Å². The van der Waals surface area contributed by atoms with E-state index < -0.39 is 12.1 Å². The van der Waals surface area contributed by atoms with Crippen molar-refractivity contribution in [2.45, 2.75) is 32.3 Å². The van der Waals surface area contributed by atoms with Crippen LogP contribution in [-0.4, -0.2) is 33.8 Å². The van der Waals surface area contributed by atoms with Gasteiger partial charge in [0.2, 0.25) is 12.0 Å². The highest BCUT2D eigenvalue weighted by atomic mass is 127. The van der Waals surface area contributed by atoms with Crippen LogP contribution >= 0.6 is 33.9 Å². The van der Waals surface area contributed by atoms with Gasteiger partial charge >= 0.3 is 5.97 Å². The third-order valence-corrected chi connectivity index (χ3v) is 7.31. The lowest BCUT2D eigenvalue weighted by molar-refractivity contribution is -0.145. The van der Waals surface area contributed by atoms with E-state index in [2.05, 4.69) is 39.5 Å². The summed E-state index contributed by atoms with van der Waals surface area (Å²) in [6, 6.07) is 5.83. The monoisotopic (exact) mass is 496 g/mol. The number of carbonyl (C=O) groups is 1. The molecule has 2 aromatic heterocycles. The minimum absolute atomic E-state index is 0.214. The van der Waals surface area contributed by atoms with Crippen LogP contribution in [0.2, 0.25) is 0 Å². The third-order valence-electron chi connectivity index (χ3n) is 4.51. The van der Waals surface area contributed by atoms with E-state index in [0.29, 0.717) is 12.5 Å². The van der Waals surface area contributed by atoms with E-state index in [1.165, 1.54) is 11.2 Å². The first-order chi connectivity index (χ1) is 13.1. The molecule has 3 heterocycles. The summed E-state index contributed by atoms with van der Waals surface area (Å²) < 4.78 is 12.6. The van der Waals surface area contributed by atoms with Crippen molar-refractivity contribution in [3.05, 3.63) is 44.1 Å². The zero-order valence-electron chi connectivity index (χ0n) is 14.6. The van der Waals surface area contributed by atoms with Crippen molar-refractivity contribution < 1.29 is 19.4 Å². The van der Waals surface area contributed by atoms with Crippen molar-refractivity contribution in [1.82, 2.24) is 9.97 Å². The molecule has 1 N–H and O–H groups in total. The maximum Gasteiger partial charge on any atom is 0.345 e. The van der Waals surface area contributed by atoms with Crippen LogP contribution in [0.3, 0.4) is 0 Å². The predicted octanol–water partition coefficient (Wildman–Crippen LogP) is 3.87. The molecule has 8 heteroatoms. The SMILES string of the molecule is CCc1sc2ncnc(O[C@H](Cc3cccc4c3OCC4)C(=O)O)c2c1I. The number of para-hydroxylation sites is 1. The number of rotatable bonds is 6. The molecule has 0 radical (unpaired) electrons. The number of thiophene rings is 1. The lowest BCUT2D eigenvalue weighted by Gasteiger charge is -2.16. The van der Waals surface area contributed by atoms with Gasteiger partial charge in [0.1, 0.15) is 16.9 Å². The van der Waals surface area contributed by atoms with Gasteiger partial charge in [-0.1, -0.05) is 25.1 Å². The molecule has 6 nitrogen and oxygen atoms in total. The molecular formula is C19H17IN2O4S. The molecular weight excluding hydrogens is 479 g/mol. The Bertz CT molecular complexity index is 1020. The van der Waals surface area contributed by atoms with Crippen LogP contribution in [0.4, 0.5) is 0 Å². The van der Waals surface area contributed by atoms with Crippen molar-refractivity contribution in [2.75, 3.05) is 6.61 Å². The fourth-order valence-electron chi connectivity index (χ4n) is 3.20. The Labute approximate surface area is 173 Å². The van der Waals surface area contributed by atoms with Crippen molar-refractivity contribution in [2.24, 2.45) is 0 Å². The molecule has 27 heavy (non-hydrogen) atoms. The summed E-state index contributed by atoms with van der Waals surface area (Å²) in [5, 5.41) is 10.5. The van der Waals surface area contributed by atoms with E-state index in [-0.39, 0.29) is 6.42 Å².